The molecule has 0 amide bonds. The van der Waals surface area contributed by atoms with Gasteiger partial charge in [0.1, 0.15) is 17.6 Å². The van der Waals surface area contributed by atoms with Crippen molar-refractivity contribution in [1.82, 2.24) is 0 Å². The molecule has 1 saturated heterocycles. The number of hydrogen-bond donors (Lipinski definition) is 0. The SMILES string of the molecule is CCCCCCCCCCCCC1OC1(Oc1ccccc1)[C](CCCCCCCCC)Oc1ccccc1. The molecule has 0 aromatic heterocycles. The number of rotatable bonds is 24. The molecule has 0 aliphatic carbocycles. The van der Waals surface area contributed by atoms with Gasteiger partial charge < -0.3 is 14.2 Å². The maximum absolute atomic E-state index is 6.63. The maximum Gasteiger partial charge on any atom is 0.282 e. The van der Waals surface area contributed by atoms with E-state index < -0.39 is 5.79 Å². The predicted molar refractivity (Wildman–Crippen MR) is 164 cm³/mol. The molecule has 0 saturated carbocycles. The number of hydrogen-bond acceptors (Lipinski definition) is 3. The van der Waals surface area contributed by atoms with E-state index in [2.05, 4.69) is 13.8 Å². The van der Waals surface area contributed by atoms with E-state index in [-0.39, 0.29) is 6.10 Å². The van der Waals surface area contributed by atoms with Crippen LogP contribution in [0.25, 0.3) is 0 Å². The van der Waals surface area contributed by atoms with Crippen molar-refractivity contribution >= 4 is 0 Å². The van der Waals surface area contributed by atoms with Crippen LogP contribution in [0.5, 0.6) is 11.5 Å². The molecule has 2 unspecified atom stereocenters. The summed E-state index contributed by atoms with van der Waals surface area (Å²) in [6.07, 6.45) is 25.2. The highest BCUT2D eigenvalue weighted by atomic mass is 16.8. The minimum absolute atomic E-state index is 0.0509. The van der Waals surface area contributed by atoms with Gasteiger partial charge in [0.05, 0.1) is 0 Å². The molecule has 1 aliphatic heterocycles. The molecule has 3 nitrogen and oxygen atoms in total. The van der Waals surface area contributed by atoms with Gasteiger partial charge in [-0.1, -0.05) is 153 Å². The highest BCUT2D eigenvalue weighted by molar-refractivity contribution is 5.29. The lowest BCUT2D eigenvalue weighted by molar-refractivity contribution is 0.0160. The van der Waals surface area contributed by atoms with Crippen LogP contribution in [0, 0.1) is 6.10 Å². The monoisotopic (exact) mass is 535 g/mol. The summed E-state index contributed by atoms with van der Waals surface area (Å²) in [5.74, 6) is 0.926. The minimum atomic E-state index is -0.779. The Morgan fingerprint density at radius 2 is 1.05 bits per heavy atom. The first-order chi connectivity index (χ1) is 19.3. The third-order valence-corrected chi connectivity index (χ3v) is 7.90. The first-order valence-electron chi connectivity index (χ1n) is 16.3. The Morgan fingerprint density at radius 3 is 1.59 bits per heavy atom. The van der Waals surface area contributed by atoms with E-state index in [0.717, 1.165) is 36.9 Å². The third-order valence-electron chi connectivity index (χ3n) is 7.90. The van der Waals surface area contributed by atoms with E-state index in [1.807, 2.05) is 60.7 Å². The third kappa shape index (κ3) is 12.0. The Balaban J connectivity index is 1.54. The normalized spacial score (nSPS) is 18.4. The first-order valence-corrected chi connectivity index (χ1v) is 16.3. The lowest BCUT2D eigenvalue weighted by atomic mass is 9.98. The van der Waals surface area contributed by atoms with Gasteiger partial charge in [-0.05, 0) is 43.5 Å². The molecule has 2 aromatic rings. The highest BCUT2D eigenvalue weighted by Crippen LogP contribution is 2.50. The molecule has 0 bridgehead atoms. The van der Waals surface area contributed by atoms with Crippen LogP contribution in [0.4, 0.5) is 0 Å². The van der Waals surface area contributed by atoms with E-state index in [9.17, 15) is 0 Å². The summed E-state index contributed by atoms with van der Waals surface area (Å²) >= 11 is 0. The molecule has 0 N–H and O–H groups in total. The van der Waals surface area contributed by atoms with Crippen molar-refractivity contribution in [2.75, 3.05) is 0 Å². The van der Waals surface area contributed by atoms with Crippen LogP contribution in [0.3, 0.4) is 0 Å². The number of benzene rings is 2. The number of para-hydroxylation sites is 2. The number of ether oxygens (including phenoxy) is 3. The van der Waals surface area contributed by atoms with Crippen molar-refractivity contribution < 1.29 is 14.2 Å². The maximum atomic E-state index is 6.63. The molecular weight excluding hydrogens is 480 g/mol. The Bertz CT molecular complexity index is 839. The van der Waals surface area contributed by atoms with Gasteiger partial charge in [-0.15, -0.1) is 0 Å². The van der Waals surface area contributed by atoms with Gasteiger partial charge in [-0.3, -0.25) is 0 Å². The molecule has 1 fully saturated rings. The van der Waals surface area contributed by atoms with Crippen molar-refractivity contribution in [1.29, 1.82) is 0 Å². The molecule has 0 spiro atoms. The van der Waals surface area contributed by atoms with Crippen LogP contribution in [-0.4, -0.2) is 11.9 Å². The van der Waals surface area contributed by atoms with Crippen molar-refractivity contribution in [3.63, 3.8) is 0 Å². The predicted octanol–water partition coefficient (Wildman–Crippen LogP) is 11.2. The molecule has 3 rings (SSSR count). The lowest BCUT2D eigenvalue weighted by Gasteiger charge is -2.25. The summed E-state index contributed by atoms with van der Waals surface area (Å²) in [6.45, 7) is 4.56. The second-order valence-corrected chi connectivity index (χ2v) is 11.4. The van der Waals surface area contributed by atoms with Crippen LogP contribution in [0.2, 0.25) is 0 Å². The Labute approximate surface area is 240 Å². The van der Waals surface area contributed by atoms with Crippen LogP contribution in [0.1, 0.15) is 136 Å². The topological polar surface area (TPSA) is 31.0 Å². The van der Waals surface area contributed by atoms with Gasteiger partial charge in [-0.2, -0.15) is 0 Å². The average Bonchev–Trinajstić information content (AvgIpc) is 3.66. The molecule has 2 aromatic carbocycles. The highest BCUT2D eigenvalue weighted by Gasteiger charge is 2.66. The van der Waals surface area contributed by atoms with E-state index in [1.165, 1.54) is 103 Å². The fourth-order valence-electron chi connectivity index (χ4n) is 5.47. The fourth-order valence-corrected chi connectivity index (χ4v) is 5.47. The van der Waals surface area contributed by atoms with Crippen molar-refractivity contribution in [3.8, 4) is 11.5 Å². The summed E-state index contributed by atoms with van der Waals surface area (Å²) in [7, 11) is 0. The summed E-state index contributed by atoms with van der Waals surface area (Å²) in [5.41, 5.74) is 0. The van der Waals surface area contributed by atoms with Crippen molar-refractivity contribution in [2.45, 2.75) is 148 Å². The summed E-state index contributed by atoms with van der Waals surface area (Å²) in [4.78, 5) is 0. The zero-order valence-electron chi connectivity index (χ0n) is 25.0. The van der Waals surface area contributed by atoms with Crippen LogP contribution in [-0.2, 0) is 4.74 Å². The molecule has 3 heteroatoms. The second-order valence-electron chi connectivity index (χ2n) is 11.4. The summed E-state index contributed by atoms with van der Waals surface area (Å²) < 4.78 is 19.6. The average molecular weight is 536 g/mol. The van der Waals surface area contributed by atoms with E-state index in [4.69, 9.17) is 14.2 Å². The molecular formula is C36H55O3. The molecule has 1 heterocycles. The molecule has 39 heavy (non-hydrogen) atoms. The fraction of sp³-hybridized carbons (Fsp3) is 0.639. The van der Waals surface area contributed by atoms with Crippen molar-refractivity contribution in [3.05, 3.63) is 66.8 Å². The van der Waals surface area contributed by atoms with E-state index in [0.29, 0.717) is 0 Å². The second kappa shape index (κ2) is 19.1. The smallest absolute Gasteiger partial charge is 0.282 e. The Hall–Kier alpha value is -2.00. The van der Waals surface area contributed by atoms with Crippen LogP contribution in [0.15, 0.2) is 60.7 Å². The molecule has 1 aliphatic rings. The quantitative estimate of drug-likeness (QED) is 0.0989. The standard InChI is InChI=1S/C36H55O3/c1-3-5-7-9-11-12-13-15-17-25-31-35-36(39-35,38-33-28-22-19-23-29-33)34(37-32-26-20-18-21-27-32)30-24-16-14-10-8-6-4-2/h18-23,26-29,35H,3-17,24-25,30-31H2,1-2H3. The first kappa shape index (κ1) is 31.5. The summed E-state index contributed by atoms with van der Waals surface area (Å²) in [5, 5.41) is 0. The van der Waals surface area contributed by atoms with Gasteiger partial charge in [-0.25, -0.2) is 0 Å². The van der Waals surface area contributed by atoms with Gasteiger partial charge >= 0.3 is 0 Å². The van der Waals surface area contributed by atoms with Gasteiger partial charge in [0.25, 0.3) is 5.79 Å². The zero-order valence-corrected chi connectivity index (χ0v) is 25.0. The number of epoxide rings is 1. The Morgan fingerprint density at radius 1 is 0.590 bits per heavy atom. The molecule has 1 radical (unpaired) electrons. The van der Waals surface area contributed by atoms with E-state index >= 15 is 0 Å². The minimum Gasteiger partial charge on any atom is -0.476 e. The van der Waals surface area contributed by atoms with Gasteiger partial charge in [0.2, 0.25) is 6.10 Å². The molecule has 2 atom stereocenters. The van der Waals surface area contributed by atoms with E-state index in [1.54, 1.807) is 0 Å². The van der Waals surface area contributed by atoms with Crippen LogP contribution < -0.4 is 9.47 Å². The summed E-state index contributed by atoms with van der Waals surface area (Å²) in [6, 6.07) is 20.3. The molecule has 217 valence electrons. The lowest BCUT2D eigenvalue weighted by Crippen LogP contribution is -2.36. The van der Waals surface area contributed by atoms with Crippen LogP contribution >= 0.6 is 0 Å². The van der Waals surface area contributed by atoms with Crippen molar-refractivity contribution in [2.24, 2.45) is 0 Å². The largest absolute Gasteiger partial charge is 0.476 e. The zero-order chi connectivity index (χ0) is 27.4. The number of unbranched alkanes of at least 4 members (excludes halogenated alkanes) is 15. The van der Waals surface area contributed by atoms with Gasteiger partial charge in [0.15, 0.2) is 0 Å². The Kier molecular flexibility index (Phi) is 15.5. The van der Waals surface area contributed by atoms with Gasteiger partial charge in [0, 0.05) is 0 Å².